The number of para-hydroxylation sites is 1. The van der Waals surface area contributed by atoms with E-state index in [-0.39, 0.29) is 18.3 Å². The van der Waals surface area contributed by atoms with Gasteiger partial charge in [-0.2, -0.15) is 0 Å². The molecule has 0 aliphatic heterocycles. The van der Waals surface area contributed by atoms with E-state index in [1.807, 2.05) is 65.3 Å². The molecule has 0 unspecified atom stereocenters. The Bertz CT molecular complexity index is 1330. The molecule has 1 N–H and O–H groups in total. The molecule has 2 aromatic heterocycles. The molecular formula is C28H28N4O3S2. The minimum Gasteiger partial charge on any atom is -0.462 e. The number of aryl methyl sites for hydroxylation is 1. The largest absolute Gasteiger partial charge is 0.462 e. The average Bonchev–Trinajstić information content (AvgIpc) is 3.51. The summed E-state index contributed by atoms with van der Waals surface area (Å²) in [6.07, 6.45) is 4.22. The maximum Gasteiger partial charge on any atom is 0.341 e. The Balaban J connectivity index is 1.28. The molecular weight excluding hydrogens is 504 g/mol. The summed E-state index contributed by atoms with van der Waals surface area (Å²) in [6.45, 7) is 2.10. The molecule has 190 valence electrons. The fourth-order valence-electron chi connectivity index (χ4n) is 4.37. The number of fused-ring (bicyclic) bond motifs is 1. The molecule has 0 bridgehead atoms. The van der Waals surface area contributed by atoms with Gasteiger partial charge in [0.2, 0.25) is 11.1 Å². The number of carbonyl (C=O) groups is 2. The molecule has 7 nitrogen and oxygen atoms in total. The zero-order chi connectivity index (χ0) is 25.6. The number of thioether (sulfide) groups is 1. The zero-order valence-corrected chi connectivity index (χ0v) is 22.2. The van der Waals surface area contributed by atoms with Crippen LogP contribution in [0.15, 0.2) is 65.8 Å². The maximum absolute atomic E-state index is 12.8. The van der Waals surface area contributed by atoms with Gasteiger partial charge in [0, 0.05) is 22.6 Å². The third kappa shape index (κ3) is 5.78. The van der Waals surface area contributed by atoms with Gasteiger partial charge in [-0.25, -0.2) is 14.5 Å². The Labute approximate surface area is 224 Å². The predicted octanol–water partition coefficient (Wildman–Crippen LogP) is 6.17. The summed E-state index contributed by atoms with van der Waals surface area (Å²) in [5, 5.41) is 8.91. The summed E-state index contributed by atoms with van der Waals surface area (Å²) in [5.41, 5.74) is 3.48. The molecule has 1 aliphatic carbocycles. The van der Waals surface area contributed by atoms with Gasteiger partial charge in [-0.15, -0.1) is 16.4 Å². The lowest BCUT2D eigenvalue weighted by atomic mass is 9.95. The topological polar surface area (TPSA) is 86.1 Å². The van der Waals surface area contributed by atoms with E-state index in [1.54, 1.807) is 6.92 Å². The van der Waals surface area contributed by atoms with Crippen molar-refractivity contribution >= 4 is 40.0 Å². The van der Waals surface area contributed by atoms with E-state index in [1.165, 1.54) is 28.0 Å². The first-order chi connectivity index (χ1) is 18.1. The normalized spacial score (nSPS) is 12.7. The van der Waals surface area contributed by atoms with Crippen LogP contribution in [-0.4, -0.2) is 39.0 Å². The van der Waals surface area contributed by atoms with Gasteiger partial charge >= 0.3 is 5.97 Å². The van der Waals surface area contributed by atoms with Gasteiger partial charge in [0.05, 0.1) is 17.9 Å². The Hall–Kier alpha value is -3.43. The van der Waals surface area contributed by atoms with Crippen LogP contribution in [0.1, 0.15) is 47.0 Å². The number of aromatic nitrogens is 3. The zero-order valence-electron chi connectivity index (χ0n) is 20.6. The van der Waals surface area contributed by atoms with E-state index in [9.17, 15) is 9.59 Å². The summed E-state index contributed by atoms with van der Waals surface area (Å²) in [7, 11) is 0. The maximum atomic E-state index is 12.8. The second-order valence-electron chi connectivity index (χ2n) is 8.61. The Kier molecular flexibility index (Phi) is 8.01. The number of rotatable bonds is 9. The molecule has 0 spiro atoms. The molecule has 5 rings (SSSR count). The van der Waals surface area contributed by atoms with Gasteiger partial charge in [-0.3, -0.25) is 4.79 Å². The number of thiophene rings is 1. The number of hydrogen-bond acceptors (Lipinski definition) is 7. The van der Waals surface area contributed by atoms with Gasteiger partial charge in [0.15, 0.2) is 5.82 Å². The predicted molar refractivity (Wildman–Crippen MR) is 148 cm³/mol. The molecule has 4 aromatic rings. The first-order valence-corrected chi connectivity index (χ1v) is 14.3. The number of anilines is 1. The van der Waals surface area contributed by atoms with E-state index in [2.05, 4.69) is 5.32 Å². The van der Waals surface area contributed by atoms with Crippen LogP contribution < -0.4 is 5.32 Å². The average molecular weight is 533 g/mol. The van der Waals surface area contributed by atoms with Crippen molar-refractivity contribution in [1.82, 2.24) is 14.8 Å². The molecule has 1 amide bonds. The number of hydrogen-bond donors (Lipinski definition) is 1. The first kappa shape index (κ1) is 25.2. The third-order valence-electron chi connectivity index (χ3n) is 6.08. The highest BCUT2D eigenvalue weighted by atomic mass is 32.2. The number of carbonyl (C=O) groups excluding carboxylic acids is 2. The summed E-state index contributed by atoms with van der Waals surface area (Å²) >= 11 is 2.94. The Morgan fingerprint density at radius 2 is 1.78 bits per heavy atom. The molecule has 9 heteroatoms. The minimum absolute atomic E-state index is 0.137. The van der Waals surface area contributed by atoms with Crippen molar-refractivity contribution in [2.24, 2.45) is 0 Å². The molecule has 0 radical (unpaired) electrons. The van der Waals surface area contributed by atoms with E-state index in [4.69, 9.17) is 14.8 Å². The van der Waals surface area contributed by atoms with Gasteiger partial charge in [-0.05, 0) is 50.3 Å². The molecule has 0 atom stereocenters. The molecule has 1 aliphatic rings. The van der Waals surface area contributed by atoms with Crippen LogP contribution in [0.2, 0.25) is 0 Å². The van der Waals surface area contributed by atoms with Crippen LogP contribution >= 0.6 is 23.1 Å². The molecule has 0 saturated carbocycles. The highest BCUT2D eigenvalue weighted by molar-refractivity contribution is 7.99. The first-order valence-electron chi connectivity index (χ1n) is 12.5. The lowest BCUT2D eigenvalue weighted by Gasteiger charge is -2.12. The summed E-state index contributed by atoms with van der Waals surface area (Å²) in [5.74, 6) is 0.777. The quantitative estimate of drug-likeness (QED) is 0.205. The van der Waals surface area contributed by atoms with Crippen molar-refractivity contribution in [3.63, 3.8) is 0 Å². The van der Waals surface area contributed by atoms with Crippen molar-refractivity contribution in [3.8, 4) is 17.1 Å². The summed E-state index contributed by atoms with van der Waals surface area (Å²) in [6, 6.07) is 19.8. The number of ether oxygens (including phenoxy) is 1. The lowest BCUT2D eigenvalue weighted by molar-refractivity contribution is -0.115. The van der Waals surface area contributed by atoms with Crippen LogP contribution in [0.3, 0.4) is 0 Å². The van der Waals surface area contributed by atoms with Gasteiger partial charge < -0.3 is 10.1 Å². The third-order valence-corrected chi connectivity index (χ3v) is 8.13. The van der Waals surface area contributed by atoms with Crippen molar-refractivity contribution in [2.75, 3.05) is 17.7 Å². The Morgan fingerprint density at radius 3 is 2.54 bits per heavy atom. The SMILES string of the molecule is CCOC(=O)c1c(NC(=O)CCSc2nc(-c3ccccc3)n(-c3ccccc3)n2)sc2c1CCCC2. The van der Waals surface area contributed by atoms with Gasteiger partial charge in [0.25, 0.3) is 0 Å². The van der Waals surface area contributed by atoms with E-state index >= 15 is 0 Å². The number of esters is 1. The van der Waals surface area contributed by atoms with Crippen LogP contribution in [0.5, 0.6) is 0 Å². The Morgan fingerprint density at radius 1 is 1.05 bits per heavy atom. The van der Waals surface area contributed by atoms with E-state index in [0.717, 1.165) is 48.3 Å². The fraction of sp³-hybridized carbons (Fsp3) is 0.286. The highest BCUT2D eigenvalue weighted by Gasteiger charge is 2.27. The van der Waals surface area contributed by atoms with E-state index in [0.29, 0.717) is 28.1 Å². The number of benzene rings is 2. The van der Waals surface area contributed by atoms with Gasteiger partial charge in [0.1, 0.15) is 5.00 Å². The molecule has 2 aromatic carbocycles. The number of amides is 1. The van der Waals surface area contributed by atoms with Crippen molar-refractivity contribution < 1.29 is 14.3 Å². The second kappa shape index (κ2) is 11.7. The van der Waals surface area contributed by atoms with Crippen molar-refractivity contribution in [3.05, 3.63) is 76.7 Å². The fourth-order valence-corrected chi connectivity index (χ4v) is 6.43. The minimum atomic E-state index is -0.351. The summed E-state index contributed by atoms with van der Waals surface area (Å²) in [4.78, 5) is 31.5. The second-order valence-corrected chi connectivity index (χ2v) is 10.8. The van der Waals surface area contributed by atoms with Crippen LogP contribution in [0.25, 0.3) is 17.1 Å². The summed E-state index contributed by atoms with van der Waals surface area (Å²) < 4.78 is 7.13. The highest BCUT2D eigenvalue weighted by Crippen LogP contribution is 2.38. The van der Waals surface area contributed by atoms with Crippen molar-refractivity contribution in [1.29, 1.82) is 0 Å². The standard InChI is InChI=1S/C28H28N4O3S2/c1-2-35-27(34)24-21-15-9-10-16-22(21)37-26(24)29-23(33)17-18-36-28-30-25(19-11-5-3-6-12-19)32(31-28)20-13-7-4-8-14-20/h3-8,11-14H,2,9-10,15-18H2,1H3,(H,29,33). The van der Waals surface area contributed by atoms with Crippen molar-refractivity contribution in [2.45, 2.75) is 44.2 Å². The number of nitrogens with one attached hydrogen (secondary N) is 1. The van der Waals surface area contributed by atoms with E-state index < -0.39 is 0 Å². The van der Waals surface area contributed by atoms with Crippen LogP contribution in [-0.2, 0) is 22.4 Å². The molecule has 0 saturated heterocycles. The smallest absolute Gasteiger partial charge is 0.341 e. The van der Waals surface area contributed by atoms with Crippen LogP contribution in [0, 0.1) is 0 Å². The molecule has 37 heavy (non-hydrogen) atoms. The van der Waals surface area contributed by atoms with Gasteiger partial charge in [-0.1, -0.05) is 60.3 Å². The molecule has 2 heterocycles. The monoisotopic (exact) mass is 532 g/mol. The lowest BCUT2D eigenvalue weighted by Crippen LogP contribution is -2.16. The number of nitrogens with zero attached hydrogens (tertiary/aromatic N) is 3. The van der Waals surface area contributed by atoms with Crippen LogP contribution in [0.4, 0.5) is 5.00 Å². The molecule has 0 fully saturated rings.